The number of nitrogens with two attached hydrogens (primary N) is 1. The lowest BCUT2D eigenvalue weighted by molar-refractivity contribution is 0.161. The van der Waals surface area contributed by atoms with E-state index in [9.17, 15) is 0 Å². The van der Waals surface area contributed by atoms with Gasteiger partial charge in [0, 0.05) is 12.1 Å². The fraction of sp³-hybridized carbons (Fsp3) is 0.917. The molecule has 0 radical (unpaired) electrons. The highest BCUT2D eigenvalue weighted by molar-refractivity contribution is 14.0. The van der Waals surface area contributed by atoms with E-state index in [1.54, 1.807) is 0 Å². The molecule has 0 amide bonds. The number of likely N-dealkylation sites (tertiary alicyclic amines) is 1. The average Bonchev–Trinajstić information content (AvgIpc) is 2.26. The van der Waals surface area contributed by atoms with Crippen molar-refractivity contribution in [1.29, 1.82) is 0 Å². The predicted molar refractivity (Wildman–Crippen MR) is 85.1 cm³/mol. The zero-order valence-electron chi connectivity index (χ0n) is 11.3. The van der Waals surface area contributed by atoms with Gasteiger partial charge >= 0.3 is 0 Å². The van der Waals surface area contributed by atoms with Crippen molar-refractivity contribution in [1.82, 2.24) is 10.2 Å². The van der Waals surface area contributed by atoms with Gasteiger partial charge in [-0.1, -0.05) is 13.3 Å². The molecule has 0 aliphatic carbocycles. The number of nitrogens with zero attached hydrogens (tertiary/aromatic N) is 2. The summed E-state index contributed by atoms with van der Waals surface area (Å²) in [4.78, 5) is 6.94. The lowest BCUT2D eigenvalue weighted by atomic mass is 10.0. The van der Waals surface area contributed by atoms with Crippen LogP contribution in [-0.4, -0.2) is 42.6 Å². The van der Waals surface area contributed by atoms with Crippen LogP contribution in [0.1, 0.15) is 40.0 Å². The van der Waals surface area contributed by atoms with E-state index in [1.165, 1.54) is 25.8 Å². The molecule has 1 rings (SSSR count). The fourth-order valence-electron chi connectivity index (χ4n) is 2.23. The molecule has 1 aliphatic heterocycles. The summed E-state index contributed by atoms with van der Waals surface area (Å²) < 4.78 is 0. The van der Waals surface area contributed by atoms with Crippen molar-refractivity contribution < 1.29 is 0 Å². The van der Waals surface area contributed by atoms with Crippen LogP contribution < -0.4 is 11.1 Å². The second-order valence-corrected chi connectivity index (χ2v) is 4.80. The van der Waals surface area contributed by atoms with Gasteiger partial charge in [0.05, 0.1) is 6.54 Å². The zero-order chi connectivity index (χ0) is 12.0. The van der Waals surface area contributed by atoms with Crippen molar-refractivity contribution in [2.24, 2.45) is 10.7 Å². The van der Waals surface area contributed by atoms with Gasteiger partial charge in [0.25, 0.3) is 0 Å². The highest BCUT2D eigenvalue weighted by Gasteiger charge is 2.20. The summed E-state index contributed by atoms with van der Waals surface area (Å²) in [6, 6.07) is 0.948. The van der Waals surface area contributed by atoms with Gasteiger partial charge < -0.3 is 11.1 Å². The summed E-state index contributed by atoms with van der Waals surface area (Å²) in [7, 11) is 0. The Balaban J connectivity index is 0.00000256. The standard InChI is InChI=1S/C12H26N4.HI/c1-4-16-8-6-5-7-11(16)9-14-12(13)15-10(2)3;/h10-11H,4-9H2,1-3H3,(H3,13,14,15);1H. The van der Waals surface area contributed by atoms with Crippen LogP contribution in [0.2, 0.25) is 0 Å². The Morgan fingerprint density at radius 3 is 2.76 bits per heavy atom. The number of likely N-dealkylation sites (N-methyl/N-ethyl adjacent to an activating group) is 1. The molecule has 1 fully saturated rings. The Kier molecular flexibility index (Phi) is 8.94. The highest BCUT2D eigenvalue weighted by Crippen LogP contribution is 2.16. The van der Waals surface area contributed by atoms with Crippen LogP contribution in [0.5, 0.6) is 0 Å². The Morgan fingerprint density at radius 2 is 2.18 bits per heavy atom. The maximum absolute atomic E-state index is 5.80. The van der Waals surface area contributed by atoms with E-state index in [-0.39, 0.29) is 24.0 Å². The van der Waals surface area contributed by atoms with Crippen molar-refractivity contribution in [3.05, 3.63) is 0 Å². The maximum Gasteiger partial charge on any atom is 0.188 e. The molecule has 1 atom stereocenters. The van der Waals surface area contributed by atoms with Gasteiger partial charge in [0.15, 0.2) is 5.96 Å². The molecule has 17 heavy (non-hydrogen) atoms. The van der Waals surface area contributed by atoms with Crippen LogP contribution in [0.4, 0.5) is 0 Å². The van der Waals surface area contributed by atoms with Crippen LogP contribution in [-0.2, 0) is 0 Å². The number of guanidine groups is 1. The Labute approximate surface area is 122 Å². The van der Waals surface area contributed by atoms with Gasteiger partial charge in [-0.2, -0.15) is 0 Å². The first-order valence-electron chi connectivity index (χ1n) is 6.44. The van der Waals surface area contributed by atoms with Gasteiger partial charge in [-0.25, -0.2) is 0 Å². The monoisotopic (exact) mass is 354 g/mol. The first-order chi connectivity index (χ1) is 7.63. The Morgan fingerprint density at radius 1 is 1.47 bits per heavy atom. The topological polar surface area (TPSA) is 53.6 Å². The van der Waals surface area contributed by atoms with Crippen LogP contribution in [0.3, 0.4) is 0 Å². The van der Waals surface area contributed by atoms with E-state index in [2.05, 4.69) is 36.0 Å². The minimum atomic E-state index is 0. The van der Waals surface area contributed by atoms with Gasteiger partial charge in [-0.05, 0) is 39.8 Å². The number of nitrogens with one attached hydrogen (secondary N) is 1. The maximum atomic E-state index is 5.80. The molecule has 1 saturated heterocycles. The van der Waals surface area contributed by atoms with Gasteiger partial charge in [-0.15, -0.1) is 24.0 Å². The van der Waals surface area contributed by atoms with Crippen molar-refractivity contribution in [3.63, 3.8) is 0 Å². The number of hydrogen-bond acceptors (Lipinski definition) is 2. The normalized spacial score (nSPS) is 22.4. The molecule has 1 heterocycles. The first-order valence-corrected chi connectivity index (χ1v) is 6.44. The summed E-state index contributed by atoms with van der Waals surface area (Å²) in [6.07, 6.45) is 3.91. The third-order valence-corrected chi connectivity index (χ3v) is 3.06. The molecule has 0 aromatic rings. The van der Waals surface area contributed by atoms with Crippen LogP contribution in [0, 0.1) is 0 Å². The molecule has 0 spiro atoms. The fourth-order valence-corrected chi connectivity index (χ4v) is 2.23. The van der Waals surface area contributed by atoms with E-state index >= 15 is 0 Å². The first kappa shape index (κ1) is 17.0. The largest absolute Gasteiger partial charge is 0.370 e. The van der Waals surface area contributed by atoms with E-state index in [4.69, 9.17) is 5.73 Å². The molecular formula is C12H27IN4. The summed E-state index contributed by atoms with van der Waals surface area (Å²) in [5, 5.41) is 3.12. The number of aliphatic imine (C=N–C) groups is 1. The molecule has 102 valence electrons. The molecule has 5 heteroatoms. The second-order valence-electron chi connectivity index (χ2n) is 4.80. The molecule has 0 aromatic heterocycles. The van der Waals surface area contributed by atoms with E-state index < -0.39 is 0 Å². The summed E-state index contributed by atoms with van der Waals surface area (Å²) in [5.41, 5.74) is 5.80. The smallest absolute Gasteiger partial charge is 0.188 e. The van der Waals surface area contributed by atoms with Crippen LogP contribution in [0.15, 0.2) is 4.99 Å². The molecule has 4 nitrogen and oxygen atoms in total. The number of rotatable bonds is 4. The Hall–Kier alpha value is -0.0400. The van der Waals surface area contributed by atoms with Crippen molar-refractivity contribution >= 4 is 29.9 Å². The molecule has 0 bridgehead atoms. The molecule has 0 saturated carbocycles. The molecule has 3 N–H and O–H groups in total. The van der Waals surface area contributed by atoms with Crippen molar-refractivity contribution in [3.8, 4) is 0 Å². The predicted octanol–water partition coefficient (Wildman–Crippen LogP) is 1.79. The number of halogens is 1. The number of piperidine rings is 1. The minimum Gasteiger partial charge on any atom is -0.370 e. The van der Waals surface area contributed by atoms with E-state index in [0.29, 0.717) is 18.0 Å². The third-order valence-electron chi connectivity index (χ3n) is 3.06. The highest BCUT2D eigenvalue weighted by atomic mass is 127. The SMILES string of the molecule is CCN1CCCCC1CN=C(N)NC(C)C.I. The quantitative estimate of drug-likeness (QED) is 0.460. The summed E-state index contributed by atoms with van der Waals surface area (Å²) in [6.45, 7) is 9.53. The third kappa shape index (κ3) is 6.45. The van der Waals surface area contributed by atoms with Gasteiger partial charge in [-0.3, -0.25) is 9.89 Å². The van der Waals surface area contributed by atoms with Gasteiger partial charge in [0.1, 0.15) is 0 Å². The lowest BCUT2D eigenvalue weighted by Gasteiger charge is -2.33. The zero-order valence-corrected chi connectivity index (χ0v) is 13.6. The molecule has 1 unspecified atom stereocenters. The van der Waals surface area contributed by atoms with Crippen LogP contribution in [0.25, 0.3) is 0 Å². The van der Waals surface area contributed by atoms with E-state index in [1.807, 2.05) is 0 Å². The van der Waals surface area contributed by atoms with E-state index in [0.717, 1.165) is 13.1 Å². The van der Waals surface area contributed by atoms with Crippen molar-refractivity contribution in [2.75, 3.05) is 19.6 Å². The molecular weight excluding hydrogens is 327 g/mol. The lowest BCUT2D eigenvalue weighted by Crippen LogP contribution is -2.43. The Bertz CT molecular complexity index is 231. The summed E-state index contributed by atoms with van der Waals surface area (Å²) in [5.74, 6) is 0.580. The molecule has 0 aromatic carbocycles. The van der Waals surface area contributed by atoms with Crippen LogP contribution >= 0.6 is 24.0 Å². The number of hydrogen-bond donors (Lipinski definition) is 2. The van der Waals surface area contributed by atoms with Gasteiger partial charge in [0.2, 0.25) is 0 Å². The summed E-state index contributed by atoms with van der Waals surface area (Å²) >= 11 is 0. The molecule has 1 aliphatic rings. The minimum absolute atomic E-state index is 0. The second kappa shape index (κ2) is 8.97. The van der Waals surface area contributed by atoms with Crippen molar-refractivity contribution in [2.45, 2.75) is 52.1 Å². The average molecular weight is 354 g/mol.